The zero-order valence-corrected chi connectivity index (χ0v) is 20.7. The normalized spacial score (nSPS) is 18.3. The fraction of sp³-hybridized carbons (Fsp3) is 0.517. The van der Waals surface area contributed by atoms with Crippen LogP contribution in [-0.2, 0) is 16.0 Å². The van der Waals surface area contributed by atoms with Gasteiger partial charge in [-0.25, -0.2) is 0 Å². The van der Waals surface area contributed by atoms with E-state index < -0.39 is 0 Å². The van der Waals surface area contributed by atoms with Gasteiger partial charge < -0.3 is 10.2 Å². The number of carbonyl (C=O) groups excluding carboxylic acids is 2. The summed E-state index contributed by atoms with van der Waals surface area (Å²) in [7, 11) is 0. The standard InChI is InChI=1S/C29H39N3O2/c1-22(2)24-13-15-26(16-14-24)30-29(34)28(25-10-6-7-11-25)32-20-18-31(19-21-32)27(33)17-12-23-8-4-3-5-9-23/h3-5,8-9,13-16,22,25,28H,6-7,10-12,17-21H2,1-2H3,(H,30,34)/t28-/m0/s1. The lowest BCUT2D eigenvalue weighted by Crippen LogP contribution is -2.57. The number of benzene rings is 2. The molecule has 0 bridgehead atoms. The van der Waals surface area contributed by atoms with Crippen molar-refractivity contribution in [1.29, 1.82) is 0 Å². The van der Waals surface area contributed by atoms with Gasteiger partial charge in [-0.05, 0) is 54.4 Å². The Labute approximate surface area is 204 Å². The molecule has 2 aliphatic rings. The molecule has 5 nitrogen and oxygen atoms in total. The molecule has 1 N–H and O–H groups in total. The Kier molecular flexibility index (Phi) is 8.39. The maximum Gasteiger partial charge on any atom is 0.242 e. The van der Waals surface area contributed by atoms with Gasteiger partial charge in [0.25, 0.3) is 0 Å². The Balaban J connectivity index is 1.34. The lowest BCUT2D eigenvalue weighted by atomic mass is 9.94. The summed E-state index contributed by atoms with van der Waals surface area (Å²) in [6.45, 7) is 7.28. The van der Waals surface area contributed by atoms with Crippen LogP contribution in [0.15, 0.2) is 54.6 Å². The molecule has 2 aromatic carbocycles. The number of carbonyl (C=O) groups is 2. The summed E-state index contributed by atoms with van der Waals surface area (Å²) >= 11 is 0. The molecule has 1 heterocycles. The number of piperazine rings is 1. The first-order chi connectivity index (χ1) is 16.5. The third-order valence-corrected chi connectivity index (χ3v) is 7.49. The molecule has 2 aromatic rings. The minimum atomic E-state index is -0.117. The number of nitrogens with zero attached hydrogens (tertiary/aromatic N) is 2. The van der Waals surface area contributed by atoms with Gasteiger partial charge in [-0.3, -0.25) is 14.5 Å². The van der Waals surface area contributed by atoms with E-state index in [1.807, 2.05) is 35.2 Å². The van der Waals surface area contributed by atoms with Crippen LogP contribution in [0, 0.1) is 5.92 Å². The fourth-order valence-electron chi connectivity index (χ4n) is 5.42. The predicted octanol–water partition coefficient (Wildman–Crippen LogP) is 5.08. The highest BCUT2D eigenvalue weighted by Crippen LogP contribution is 2.32. The first kappa shape index (κ1) is 24.5. The molecule has 0 spiro atoms. The highest BCUT2D eigenvalue weighted by atomic mass is 16.2. The topological polar surface area (TPSA) is 52.7 Å². The van der Waals surface area contributed by atoms with E-state index in [1.165, 1.54) is 24.0 Å². The van der Waals surface area contributed by atoms with E-state index in [4.69, 9.17) is 0 Å². The number of hydrogen-bond acceptors (Lipinski definition) is 3. The highest BCUT2D eigenvalue weighted by Gasteiger charge is 2.37. The van der Waals surface area contributed by atoms with E-state index in [1.54, 1.807) is 0 Å². The first-order valence-corrected chi connectivity index (χ1v) is 13.0. The molecule has 2 amide bonds. The van der Waals surface area contributed by atoms with E-state index in [0.29, 0.717) is 31.3 Å². The first-order valence-electron chi connectivity index (χ1n) is 13.0. The maximum absolute atomic E-state index is 13.5. The third-order valence-electron chi connectivity index (χ3n) is 7.49. The number of amides is 2. The van der Waals surface area contributed by atoms with Gasteiger partial charge in [-0.2, -0.15) is 0 Å². The fourth-order valence-corrected chi connectivity index (χ4v) is 5.42. The minimum Gasteiger partial charge on any atom is -0.340 e. The predicted molar refractivity (Wildman–Crippen MR) is 138 cm³/mol. The van der Waals surface area contributed by atoms with Crippen molar-refractivity contribution < 1.29 is 9.59 Å². The smallest absolute Gasteiger partial charge is 0.242 e. The molecule has 1 saturated carbocycles. The SMILES string of the molecule is CC(C)c1ccc(NC(=O)[C@H](C2CCCC2)N2CCN(C(=O)CCc3ccccc3)CC2)cc1. The molecular formula is C29H39N3O2. The molecule has 1 aliphatic carbocycles. The number of nitrogens with one attached hydrogen (secondary N) is 1. The molecule has 182 valence electrons. The molecule has 34 heavy (non-hydrogen) atoms. The summed E-state index contributed by atoms with van der Waals surface area (Å²) in [6, 6.07) is 18.3. The maximum atomic E-state index is 13.5. The van der Waals surface area contributed by atoms with Gasteiger partial charge in [0.1, 0.15) is 0 Å². The molecule has 2 fully saturated rings. The molecule has 0 aromatic heterocycles. The second kappa shape index (κ2) is 11.7. The van der Waals surface area contributed by atoms with Crippen LogP contribution >= 0.6 is 0 Å². The molecule has 1 saturated heterocycles. The summed E-state index contributed by atoms with van der Waals surface area (Å²) in [5.41, 5.74) is 3.35. The van der Waals surface area contributed by atoms with Crippen molar-refractivity contribution in [3.8, 4) is 0 Å². The zero-order chi connectivity index (χ0) is 23.9. The largest absolute Gasteiger partial charge is 0.340 e. The Morgan fingerprint density at radius 2 is 1.56 bits per heavy atom. The van der Waals surface area contributed by atoms with Crippen molar-refractivity contribution in [3.63, 3.8) is 0 Å². The van der Waals surface area contributed by atoms with Crippen LogP contribution in [0.1, 0.15) is 63.0 Å². The van der Waals surface area contributed by atoms with Crippen molar-refractivity contribution >= 4 is 17.5 Å². The summed E-state index contributed by atoms with van der Waals surface area (Å²) in [6.07, 6.45) is 5.96. The van der Waals surface area contributed by atoms with Gasteiger partial charge in [0.2, 0.25) is 11.8 Å². The third kappa shape index (κ3) is 6.26. The van der Waals surface area contributed by atoms with Gasteiger partial charge in [-0.15, -0.1) is 0 Å². The lowest BCUT2D eigenvalue weighted by molar-refractivity contribution is -0.134. The molecular weight excluding hydrogens is 422 g/mol. The zero-order valence-electron chi connectivity index (χ0n) is 20.7. The van der Waals surface area contributed by atoms with Crippen molar-refractivity contribution in [2.75, 3.05) is 31.5 Å². The van der Waals surface area contributed by atoms with Gasteiger partial charge in [0, 0.05) is 38.3 Å². The highest BCUT2D eigenvalue weighted by molar-refractivity contribution is 5.95. The van der Waals surface area contributed by atoms with Crippen LogP contribution < -0.4 is 5.32 Å². The Hall–Kier alpha value is -2.66. The van der Waals surface area contributed by atoms with E-state index in [9.17, 15) is 9.59 Å². The van der Waals surface area contributed by atoms with Crippen LogP contribution in [0.5, 0.6) is 0 Å². The van der Waals surface area contributed by atoms with E-state index in [-0.39, 0.29) is 17.9 Å². The van der Waals surface area contributed by atoms with E-state index >= 15 is 0 Å². The molecule has 5 heteroatoms. The van der Waals surface area contributed by atoms with Gasteiger partial charge in [0.15, 0.2) is 0 Å². The van der Waals surface area contributed by atoms with Crippen LogP contribution in [0.4, 0.5) is 5.69 Å². The molecule has 1 atom stereocenters. The lowest BCUT2D eigenvalue weighted by Gasteiger charge is -2.40. The number of hydrogen-bond donors (Lipinski definition) is 1. The number of aryl methyl sites for hydroxylation is 1. The Morgan fingerprint density at radius 3 is 2.18 bits per heavy atom. The summed E-state index contributed by atoms with van der Waals surface area (Å²) in [5.74, 6) is 1.20. The Morgan fingerprint density at radius 1 is 0.912 bits per heavy atom. The van der Waals surface area contributed by atoms with Crippen molar-refractivity contribution in [1.82, 2.24) is 9.80 Å². The van der Waals surface area contributed by atoms with Crippen LogP contribution in [0.2, 0.25) is 0 Å². The summed E-state index contributed by atoms with van der Waals surface area (Å²) in [4.78, 5) is 30.5. The van der Waals surface area contributed by atoms with Gasteiger partial charge in [-0.1, -0.05) is 69.2 Å². The monoisotopic (exact) mass is 461 g/mol. The Bertz CT molecular complexity index is 928. The molecule has 4 rings (SSSR count). The summed E-state index contributed by atoms with van der Waals surface area (Å²) < 4.78 is 0. The van der Waals surface area contributed by atoms with Crippen molar-refractivity contribution in [2.24, 2.45) is 5.92 Å². The van der Waals surface area contributed by atoms with Crippen LogP contribution in [-0.4, -0.2) is 53.8 Å². The van der Waals surface area contributed by atoms with Crippen LogP contribution in [0.25, 0.3) is 0 Å². The molecule has 0 unspecified atom stereocenters. The van der Waals surface area contributed by atoms with E-state index in [0.717, 1.165) is 38.0 Å². The van der Waals surface area contributed by atoms with Gasteiger partial charge >= 0.3 is 0 Å². The average Bonchev–Trinajstić information content (AvgIpc) is 3.38. The van der Waals surface area contributed by atoms with Crippen LogP contribution in [0.3, 0.4) is 0 Å². The van der Waals surface area contributed by atoms with Gasteiger partial charge in [0.05, 0.1) is 6.04 Å². The summed E-state index contributed by atoms with van der Waals surface area (Å²) in [5, 5.41) is 3.19. The van der Waals surface area contributed by atoms with E-state index in [2.05, 4.69) is 48.3 Å². The number of rotatable bonds is 8. The minimum absolute atomic E-state index is 0.105. The molecule has 1 aliphatic heterocycles. The quantitative estimate of drug-likeness (QED) is 0.596. The van der Waals surface area contributed by atoms with Crippen molar-refractivity contribution in [3.05, 3.63) is 65.7 Å². The molecule has 0 radical (unpaired) electrons. The van der Waals surface area contributed by atoms with Crippen molar-refractivity contribution in [2.45, 2.75) is 64.3 Å². The second-order valence-corrected chi connectivity index (χ2v) is 10.2. The number of anilines is 1. The second-order valence-electron chi connectivity index (χ2n) is 10.2. The average molecular weight is 462 g/mol.